The highest BCUT2D eigenvalue weighted by Gasteiger charge is 2.41. The van der Waals surface area contributed by atoms with Gasteiger partial charge >= 0.3 is 0 Å². The van der Waals surface area contributed by atoms with Crippen LogP contribution in [0, 0.1) is 24.7 Å². The summed E-state index contributed by atoms with van der Waals surface area (Å²) in [6.45, 7) is 1.59. The average molecular weight is 546 g/mol. The summed E-state index contributed by atoms with van der Waals surface area (Å²) in [5.74, 6) is -4.15. The van der Waals surface area contributed by atoms with Crippen LogP contribution in [0.2, 0.25) is 0 Å². The van der Waals surface area contributed by atoms with E-state index in [2.05, 4.69) is 30.7 Å². The molecule has 1 unspecified atom stereocenters. The van der Waals surface area contributed by atoms with Crippen molar-refractivity contribution in [3.05, 3.63) is 41.1 Å². The molecule has 0 aromatic carbocycles. The van der Waals surface area contributed by atoms with Crippen LogP contribution < -0.4 is 10.6 Å². The Bertz CT molecular complexity index is 1380. The zero-order valence-electron chi connectivity index (χ0n) is 21.4. The van der Waals surface area contributed by atoms with Crippen LogP contribution in [0.4, 0.5) is 13.2 Å². The minimum Gasteiger partial charge on any atom is -0.349 e. The van der Waals surface area contributed by atoms with E-state index < -0.39 is 30.0 Å². The summed E-state index contributed by atoms with van der Waals surface area (Å²) in [5.41, 5.74) is 2.09. The lowest BCUT2D eigenvalue weighted by atomic mass is 9.81. The highest BCUT2D eigenvalue weighted by atomic mass is 19.3. The quantitative estimate of drug-likeness (QED) is 0.438. The van der Waals surface area contributed by atoms with E-state index >= 15 is 0 Å². The fourth-order valence-corrected chi connectivity index (χ4v) is 5.62. The van der Waals surface area contributed by atoms with Crippen LogP contribution in [0.3, 0.4) is 0 Å². The van der Waals surface area contributed by atoms with Gasteiger partial charge in [0.2, 0.25) is 11.8 Å². The second-order valence-corrected chi connectivity index (χ2v) is 11.1. The third-order valence-corrected chi connectivity index (χ3v) is 8.34. The van der Waals surface area contributed by atoms with Gasteiger partial charge in [-0.25, -0.2) is 27.3 Å². The Balaban J connectivity index is 1.27. The van der Waals surface area contributed by atoms with Crippen LogP contribution in [0.5, 0.6) is 0 Å². The van der Waals surface area contributed by atoms with Gasteiger partial charge in [0.15, 0.2) is 11.3 Å². The van der Waals surface area contributed by atoms with Crippen LogP contribution in [-0.2, 0) is 4.79 Å². The number of amides is 2. The number of halogens is 3. The Morgan fingerprint density at radius 1 is 1.05 bits per heavy atom. The molecule has 39 heavy (non-hydrogen) atoms. The van der Waals surface area contributed by atoms with Crippen molar-refractivity contribution in [1.29, 1.82) is 0 Å². The maximum Gasteiger partial charge on any atom is 0.276 e. The number of nitrogens with zero attached hydrogens (tertiary/aromatic N) is 5. The molecule has 10 nitrogen and oxygen atoms in total. The average Bonchev–Trinajstić information content (AvgIpc) is 3.50. The molecule has 0 radical (unpaired) electrons. The lowest BCUT2D eigenvalue weighted by Crippen LogP contribution is -2.43. The summed E-state index contributed by atoms with van der Waals surface area (Å²) in [6.07, 6.45) is 5.01. The first kappa shape index (κ1) is 25.8. The van der Waals surface area contributed by atoms with Gasteiger partial charge in [-0.15, -0.1) is 0 Å². The van der Waals surface area contributed by atoms with Crippen molar-refractivity contribution in [3.8, 4) is 0 Å². The summed E-state index contributed by atoms with van der Waals surface area (Å²) >= 11 is 0. The molecule has 2 N–H and O–H groups in total. The van der Waals surface area contributed by atoms with E-state index in [1.165, 1.54) is 0 Å². The van der Waals surface area contributed by atoms with Crippen molar-refractivity contribution in [2.24, 2.45) is 17.8 Å². The molecule has 3 aliphatic rings. The monoisotopic (exact) mass is 545 g/mol. The highest BCUT2D eigenvalue weighted by Crippen LogP contribution is 2.43. The highest BCUT2D eigenvalue weighted by molar-refractivity contribution is 5.93. The third kappa shape index (κ3) is 5.22. The summed E-state index contributed by atoms with van der Waals surface area (Å²) in [4.78, 5) is 30.4. The molecule has 3 aliphatic carbocycles. The van der Waals surface area contributed by atoms with Crippen molar-refractivity contribution in [2.75, 3.05) is 0 Å². The molecule has 0 aliphatic heterocycles. The van der Waals surface area contributed by atoms with Gasteiger partial charge in [0.25, 0.3) is 5.91 Å². The number of carbonyl (C=O) groups is 2. The molecule has 3 aromatic rings. The van der Waals surface area contributed by atoms with E-state index in [1.54, 1.807) is 23.8 Å². The maximum atomic E-state index is 13.9. The number of rotatable bonds is 8. The number of hydrogen-bond acceptors (Lipinski definition) is 7. The molecule has 13 heteroatoms. The fraction of sp³-hybridized carbons (Fsp3) is 0.615. The van der Waals surface area contributed by atoms with E-state index in [0.717, 1.165) is 18.4 Å². The van der Waals surface area contributed by atoms with Crippen molar-refractivity contribution >= 4 is 17.5 Å². The third-order valence-electron chi connectivity index (χ3n) is 8.34. The number of carbonyl (C=O) groups excluding carboxylic acids is 2. The first-order chi connectivity index (χ1) is 18.7. The molecule has 208 valence electrons. The van der Waals surface area contributed by atoms with Gasteiger partial charge in [0, 0.05) is 12.8 Å². The van der Waals surface area contributed by atoms with Crippen molar-refractivity contribution in [3.63, 3.8) is 0 Å². The zero-order chi connectivity index (χ0) is 27.3. The topological polar surface area (TPSA) is 127 Å². The minimum absolute atomic E-state index is 0.0234. The van der Waals surface area contributed by atoms with E-state index in [9.17, 15) is 22.8 Å². The molecule has 2 amide bonds. The number of fused-ring (bicyclic) bond motifs is 1. The normalized spacial score (nSPS) is 24.6. The van der Waals surface area contributed by atoms with Crippen LogP contribution in [0.1, 0.15) is 90.9 Å². The Labute approximate surface area is 222 Å². The second-order valence-electron chi connectivity index (χ2n) is 11.1. The summed E-state index contributed by atoms with van der Waals surface area (Å²) in [6, 6.07) is 0.878. The van der Waals surface area contributed by atoms with Gasteiger partial charge in [-0.3, -0.25) is 9.59 Å². The summed E-state index contributed by atoms with van der Waals surface area (Å²) < 4.78 is 47.9. The maximum absolute atomic E-state index is 13.9. The molecule has 3 fully saturated rings. The number of imidazole rings is 1. The van der Waals surface area contributed by atoms with Crippen LogP contribution >= 0.6 is 0 Å². The molecule has 6 rings (SSSR count). The molecule has 3 saturated carbocycles. The van der Waals surface area contributed by atoms with Crippen LogP contribution in [-0.4, -0.2) is 48.8 Å². The van der Waals surface area contributed by atoms with Crippen molar-refractivity contribution < 1.29 is 27.4 Å². The van der Waals surface area contributed by atoms with Gasteiger partial charge in [-0.2, -0.15) is 5.10 Å². The molecular weight excluding hydrogens is 515 g/mol. The summed E-state index contributed by atoms with van der Waals surface area (Å²) in [5, 5.41) is 17.7. The summed E-state index contributed by atoms with van der Waals surface area (Å²) in [7, 11) is 0. The fourth-order valence-electron chi connectivity index (χ4n) is 5.62. The van der Waals surface area contributed by atoms with E-state index in [-0.39, 0.29) is 55.2 Å². The van der Waals surface area contributed by atoms with Crippen molar-refractivity contribution in [2.45, 2.75) is 82.5 Å². The predicted octanol–water partition coefficient (Wildman–Crippen LogP) is 4.03. The second kappa shape index (κ2) is 9.91. The number of aryl methyl sites for hydroxylation is 1. The Morgan fingerprint density at radius 3 is 2.41 bits per heavy atom. The molecule has 0 saturated heterocycles. The molecule has 0 spiro atoms. The molecule has 0 bridgehead atoms. The predicted molar refractivity (Wildman–Crippen MR) is 130 cm³/mol. The van der Waals surface area contributed by atoms with Gasteiger partial charge in [0.1, 0.15) is 11.9 Å². The van der Waals surface area contributed by atoms with Gasteiger partial charge < -0.3 is 10.6 Å². The van der Waals surface area contributed by atoms with E-state index in [4.69, 9.17) is 4.98 Å². The Morgan fingerprint density at radius 2 is 1.79 bits per heavy atom. The van der Waals surface area contributed by atoms with Crippen LogP contribution in [0.25, 0.3) is 5.65 Å². The van der Waals surface area contributed by atoms with Crippen LogP contribution in [0.15, 0.2) is 23.1 Å². The first-order valence-corrected chi connectivity index (χ1v) is 13.5. The molecule has 3 aromatic heterocycles. The SMILES string of the molecule is Cc1nonc1C(=O)N[C@H](c1cn2ncc(C(NC(=O)[C@H]3CC[C@@H]3F)C3CC3)cc2n1)C1CCC(F)(F)CC1. The van der Waals surface area contributed by atoms with Gasteiger partial charge in [-0.05, 0) is 74.1 Å². The molecule has 4 atom stereocenters. The smallest absolute Gasteiger partial charge is 0.276 e. The van der Waals surface area contributed by atoms with Gasteiger partial charge in [-0.1, -0.05) is 5.16 Å². The van der Waals surface area contributed by atoms with E-state index in [1.807, 2.05) is 6.07 Å². The largest absolute Gasteiger partial charge is 0.349 e. The van der Waals surface area contributed by atoms with Gasteiger partial charge in [0.05, 0.1) is 36.1 Å². The standard InChI is InChI=1S/C26H30F3N7O3/c1-13-21(35-39-34-13)25(38)33-23(15-6-8-26(28,29)9-7-15)19-12-36-20(31-19)10-16(11-30-36)22(14-2-3-14)32-24(37)17-4-5-18(17)27/h10-12,14-15,17-18,22-23H,2-9H2,1H3,(H,32,37)(H,33,38)/t17-,18-,22?,23-/m0/s1. The Kier molecular flexibility index (Phi) is 6.54. The minimum atomic E-state index is -2.73. The van der Waals surface area contributed by atoms with E-state index in [0.29, 0.717) is 29.9 Å². The van der Waals surface area contributed by atoms with Crippen molar-refractivity contribution in [1.82, 2.24) is 35.5 Å². The molecule has 3 heterocycles. The lowest BCUT2D eigenvalue weighted by molar-refractivity contribution is -0.131. The number of nitrogens with one attached hydrogen (secondary N) is 2. The Hall–Kier alpha value is -3.51. The molecular formula is C26H30F3N7O3. The lowest BCUT2D eigenvalue weighted by Gasteiger charge is -2.33. The number of aromatic nitrogens is 5. The first-order valence-electron chi connectivity index (χ1n) is 13.5. The zero-order valence-corrected chi connectivity index (χ0v) is 21.4. The number of hydrogen-bond donors (Lipinski definition) is 2. The number of alkyl halides is 3.